The maximum Gasteiger partial charge on any atom is 0.248 e. The van der Waals surface area contributed by atoms with E-state index >= 15 is 0 Å². The summed E-state index contributed by atoms with van der Waals surface area (Å²) in [5.74, 6) is 1.59. The Bertz CT molecular complexity index is 676. The van der Waals surface area contributed by atoms with Gasteiger partial charge in [-0.3, -0.25) is 0 Å². The molecule has 1 aliphatic heterocycles. The molecule has 23 heavy (non-hydrogen) atoms. The molecule has 1 aromatic heterocycles. The molecule has 1 fully saturated rings. The molecule has 0 bridgehead atoms. The van der Waals surface area contributed by atoms with E-state index in [0.29, 0.717) is 24.2 Å². The second-order valence-corrected chi connectivity index (χ2v) is 5.80. The van der Waals surface area contributed by atoms with Crippen LogP contribution in [-0.2, 0) is 6.54 Å². The van der Waals surface area contributed by atoms with Crippen LogP contribution in [0.5, 0.6) is 0 Å². The van der Waals surface area contributed by atoms with E-state index < -0.39 is 0 Å². The molecule has 8 heteroatoms. The van der Waals surface area contributed by atoms with Gasteiger partial charge in [0, 0.05) is 36.9 Å². The maximum atomic E-state index is 6.06. The van der Waals surface area contributed by atoms with Crippen molar-refractivity contribution < 1.29 is 4.52 Å². The Hall–Kier alpha value is -2.28. The van der Waals surface area contributed by atoms with Crippen molar-refractivity contribution in [3.63, 3.8) is 0 Å². The third kappa shape index (κ3) is 3.92. The first-order chi connectivity index (χ1) is 11.1. The lowest BCUT2D eigenvalue weighted by molar-refractivity contribution is 0.368. The number of benzene rings is 1. The molecule has 7 nitrogen and oxygen atoms in total. The van der Waals surface area contributed by atoms with Gasteiger partial charge >= 0.3 is 0 Å². The highest BCUT2D eigenvalue weighted by Gasteiger charge is 2.18. The molecule has 0 spiro atoms. The van der Waals surface area contributed by atoms with Crippen LogP contribution < -0.4 is 10.6 Å². The summed E-state index contributed by atoms with van der Waals surface area (Å²) in [5, 5.41) is 4.48. The zero-order chi connectivity index (χ0) is 16.2. The highest BCUT2D eigenvalue weighted by molar-refractivity contribution is 6.30. The van der Waals surface area contributed by atoms with Crippen LogP contribution in [0.2, 0.25) is 5.02 Å². The molecule has 0 saturated carbocycles. The Labute approximate surface area is 139 Å². The van der Waals surface area contributed by atoms with Gasteiger partial charge in [0.2, 0.25) is 5.89 Å². The van der Waals surface area contributed by atoms with Crippen molar-refractivity contribution in [3.05, 3.63) is 41.0 Å². The van der Waals surface area contributed by atoms with Crippen molar-refractivity contribution in [2.75, 3.05) is 31.1 Å². The van der Waals surface area contributed by atoms with E-state index in [-0.39, 0.29) is 0 Å². The van der Waals surface area contributed by atoms with Crippen LogP contribution >= 0.6 is 11.6 Å². The van der Waals surface area contributed by atoms with Crippen molar-refractivity contribution in [1.29, 1.82) is 0 Å². The fraction of sp³-hybridized carbons (Fsp3) is 0.400. The first-order valence-electron chi connectivity index (χ1n) is 7.46. The minimum absolute atomic E-state index is 0.310. The van der Waals surface area contributed by atoms with E-state index in [1.807, 2.05) is 24.3 Å². The molecule has 0 unspecified atom stereocenters. The number of piperazine rings is 1. The monoisotopic (exact) mass is 334 g/mol. The van der Waals surface area contributed by atoms with Crippen molar-refractivity contribution in [3.8, 4) is 0 Å². The van der Waals surface area contributed by atoms with Crippen LogP contribution in [0.1, 0.15) is 11.7 Å². The van der Waals surface area contributed by atoms with Crippen LogP contribution in [0, 0.1) is 6.92 Å². The summed E-state index contributed by atoms with van der Waals surface area (Å²) in [4.78, 5) is 12.8. The Kier molecular flexibility index (Phi) is 4.66. The van der Waals surface area contributed by atoms with Crippen molar-refractivity contribution in [2.24, 2.45) is 10.7 Å². The molecule has 0 amide bonds. The number of aryl methyl sites for hydroxylation is 1. The second-order valence-electron chi connectivity index (χ2n) is 5.36. The number of guanidine groups is 1. The predicted molar refractivity (Wildman–Crippen MR) is 89.6 cm³/mol. The molecule has 1 aromatic carbocycles. The van der Waals surface area contributed by atoms with E-state index in [4.69, 9.17) is 21.9 Å². The molecule has 2 heterocycles. The standard InChI is InChI=1S/C15H19ClN6O/c1-11-19-14(23-20-11)10-18-15(17)22-8-6-21(7-9-22)13-4-2-12(16)3-5-13/h2-5H,6-10H2,1H3,(H2,17,18). The molecule has 1 aliphatic rings. The summed E-state index contributed by atoms with van der Waals surface area (Å²) in [6.45, 7) is 5.50. The van der Waals surface area contributed by atoms with Gasteiger partial charge in [0.15, 0.2) is 11.8 Å². The van der Waals surface area contributed by atoms with Gasteiger partial charge in [0.25, 0.3) is 0 Å². The Balaban J connectivity index is 1.54. The number of anilines is 1. The number of nitrogens with two attached hydrogens (primary N) is 1. The molecular formula is C15H19ClN6O. The van der Waals surface area contributed by atoms with Gasteiger partial charge in [0.05, 0.1) is 0 Å². The van der Waals surface area contributed by atoms with Crippen LogP contribution in [-0.4, -0.2) is 47.2 Å². The Morgan fingerprint density at radius 3 is 2.57 bits per heavy atom. The number of hydrogen-bond acceptors (Lipinski definition) is 5. The fourth-order valence-corrected chi connectivity index (χ4v) is 2.62. The SMILES string of the molecule is Cc1noc(CN=C(N)N2CCN(c3ccc(Cl)cc3)CC2)n1. The third-order valence-corrected chi connectivity index (χ3v) is 3.99. The normalized spacial score (nSPS) is 16.0. The molecule has 0 aliphatic carbocycles. The fourth-order valence-electron chi connectivity index (χ4n) is 2.50. The molecule has 1 saturated heterocycles. The Morgan fingerprint density at radius 1 is 1.26 bits per heavy atom. The summed E-state index contributed by atoms with van der Waals surface area (Å²) in [5.41, 5.74) is 7.23. The van der Waals surface area contributed by atoms with Gasteiger partial charge in [0.1, 0.15) is 6.54 Å². The largest absolute Gasteiger partial charge is 0.370 e. The number of halogens is 1. The highest BCUT2D eigenvalue weighted by Crippen LogP contribution is 2.19. The van der Waals surface area contributed by atoms with E-state index in [1.54, 1.807) is 6.92 Å². The zero-order valence-electron chi connectivity index (χ0n) is 12.9. The number of aromatic nitrogens is 2. The summed E-state index contributed by atoms with van der Waals surface area (Å²) in [7, 11) is 0. The minimum atomic E-state index is 0.310. The van der Waals surface area contributed by atoms with Crippen molar-refractivity contribution in [2.45, 2.75) is 13.5 Å². The van der Waals surface area contributed by atoms with Crippen LogP contribution in [0.25, 0.3) is 0 Å². The van der Waals surface area contributed by atoms with Gasteiger partial charge in [-0.05, 0) is 31.2 Å². The summed E-state index contributed by atoms with van der Waals surface area (Å²) in [6, 6.07) is 7.89. The number of aliphatic imine (C=N–C) groups is 1. The average Bonchev–Trinajstić information content (AvgIpc) is 2.99. The van der Waals surface area contributed by atoms with Gasteiger partial charge in [-0.15, -0.1) is 0 Å². The van der Waals surface area contributed by atoms with Crippen LogP contribution in [0.15, 0.2) is 33.8 Å². The molecule has 3 rings (SSSR count). The lowest BCUT2D eigenvalue weighted by Crippen LogP contribution is -2.51. The van der Waals surface area contributed by atoms with Crippen LogP contribution in [0.4, 0.5) is 5.69 Å². The lowest BCUT2D eigenvalue weighted by Gasteiger charge is -2.36. The zero-order valence-corrected chi connectivity index (χ0v) is 13.7. The first-order valence-corrected chi connectivity index (χ1v) is 7.84. The highest BCUT2D eigenvalue weighted by atomic mass is 35.5. The molecular weight excluding hydrogens is 316 g/mol. The van der Waals surface area contributed by atoms with E-state index in [9.17, 15) is 0 Å². The molecule has 0 radical (unpaired) electrons. The summed E-state index contributed by atoms with van der Waals surface area (Å²) in [6.07, 6.45) is 0. The van der Waals surface area contributed by atoms with Crippen molar-refractivity contribution in [1.82, 2.24) is 15.0 Å². The second kappa shape index (κ2) is 6.87. The molecule has 2 N–H and O–H groups in total. The van der Waals surface area contributed by atoms with E-state index in [0.717, 1.165) is 31.2 Å². The maximum absolute atomic E-state index is 6.06. The van der Waals surface area contributed by atoms with Gasteiger partial charge in [-0.25, -0.2) is 4.99 Å². The van der Waals surface area contributed by atoms with Crippen molar-refractivity contribution >= 4 is 23.2 Å². The number of hydrogen-bond donors (Lipinski definition) is 1. The molecule has 2 aromatic rings. The minimum Gasteiger partial charge on any atom is -0.370 e. The average molecular weight is 335 g/mol. The van der Waals surface area contributed by atoms with Gasteiger partial charge in [-0.2, -0.15) is 4.98 Å². The number of rotatable bonds is 3. The number of nitrogens with zero attached hydrogens (tertiary/aromatic N) is 5. The topological polar surface area (TPSA) is 83.8 Å². The third-order valence-electron chi connectivity index (χ3n) is 3.74. The van der Waals surface area contributed by atoms with Gasteiger partial charge in [-0.1, -0.05) is 16.8 Å². The first kappa shape index (κ1) is 15.6. The quantitative estimate of drug-likeness (QED) is 0.679. The lowest BCUT2D eigenvalue weighted by atomic mass is 10.2. The predicted octanol–water partition coefficient (Wildman–Crippen LogP) is 1.67. The van der Waals surface area contributed by atoms with Crippen LogP contribution in [0.3, 0.4) is 0 Å². The van der Waals surface area contributed by atoms with E-state index in [2.05, 4.69) is 24.9 Å². The smallest absolute Gasteiger partial charge is 0.248 e. The van der Waals surface area contributed by atoms with Gasteiger partial charge < -0.3 is 20.1 Å². The summed E-state index contributed by atoms with van der Waals surface area (Å²) >= 11 is 5.93. The molecule has 0 atom stereocenters. The molecule has 122 valence electrons. The Morgan fingerprint density at radius 2 is 1.96 bits per heavy atom. The summed E-state index contributed by atoms with van der Waals surface area (Å²) < 4.78 is 5.03. The van der Waals surface area contributed by atoms with E-state index in [1.165, 1.54) is 5.69 Å².